The number of hydrogen-bond donors (Lipinski definition) is 3. The zero-order valence-electron chi connectivity index (χ0n) is 23.2. The normalized spacial score (nSPS) is 11.9. The summed E-state index contributed by atoms with van der Waals surface area (Å²) in [6, 6.07) is 8.45. The largest absolute Gasteiger partial charge is 0.495 e. The lowest BCUT2D eigenvalue weighted by atomic mass is 10.1. The van der Waals surface area contributed by atoms with E-state index in [0.717, 1.165) is 12.1 Å². The number of para-hydroxylation sites is 1. The molecule has 1 heterocycles. The molecule has 3 rings (SSSR count). The molecule has 0 spiro atoms. The van der Waals surface area contributed by atoms with Crippen molar-refractivity contribution in [1.29, 1.82) is 0 Å². The predicted octanol–water partition coefficient (Wildman–Crippen LogP) is 6.48. The number of hydroxylamine groups is 1. The minimum Gasteiger partial charge on any atom is -0.495 e. The van der Waals surface area contributed by atoms with E-state index >= 15 is 0 Å². The van der Waals surface area contributed by atoms with Crippen LogP contribution in [0.25, 0.3) is 0 Å². The summed E-state index contributed by atoms with van der Waals surface area (Å²) in [5, 5.41) is 5.74. The zero-order valence-corrected chi connectivity index (χ0v) is 24.1. The molecule has 0 fully saturated rings. The van der Waals surface area contributed by atoms with Crippen molar-refractivity contribution < 1.29 is 36.5 Å². The molecule has 2 aromatic carbocycles. The Kier molecular flexibility index (Phi) is 10.3. The molecule has 222 valence electrons. The first kappa shape index (κ1) is 31.8. The highest BCUT2D eigenvalue weighted by Crippen LogP contribution is 2.46. The third-order valence-corrected chi connectivity index (χ3v) is 9.39. The first-order chi connectivity index (χ1) is 19.3. The number of rotatable bonds is 12. The highest BCUT2D eigenvalue weighted by atomic mass is 31.2. The topological polar surface area (TPSA) is 114 Å². The lowest BCUT2D eigenvalue weighted by molar-refractivity contribution is -0.137. The van der Waals surface area contributed by atoms with Crippen molar-refractivity contribution in [2.45, 2.75) is 33.9 Å². The number of aromatic nitrogens is 2. The summed E-state index contributed by atoms with van der Waals surface area (Å²) in [5.41, 5.74) is 0.788. The Morgan fingerprint density at radius 3 is 2.37 bits per heavy atom. The second-order valence-electron chi connectivity index (χ2n) is 9.41. The van der Waals surface area contributed by atoms with Gasteiger partial charge in [0.2, 0.25) is 5.95 Å². The van der Waals surface area contributed by atoms with Crippen LogP contribution in [0.1, 0.15) is 43.6 Å². The van der Waals surface area contributed by atoms with Crippen molar-refractivity contribution in [2.24, 2.45) is 5.92 Å². The van der Waals surface area contributed by atoms with Gasteiger partial charge < -0.3 is 19.9 Å². The number of anilines is 4. The molecule has 0 aliphatic rings. The van der Waals surface area contributed by atoms with Gasteiger partial charge in [0, 0.05) is 29.9 Å². The first-order valence-corrected chi connectivity index (χ1v) is 14.9. The summed E-state index contributed by atoms with van der Waals surface area (Å²) >= 11 is 0. The Morgan fingerprint density at radius 2 is 1.76 bits per heavy atom. The van der Waals surface area contributed by atoms with E-state index in [9.17, 15) is 26.9 Å². The third-order valence-electron chi connectivity index (χ3n) is 6.07. The van der Waals surface area contributed by atoms with E-state index in [1.807, 2.05) is 13.8 Å². The molecule has 0 saturated carbocycles. The van der Waals surface area contributed by atoms with Gasteiger partial charge in [-0.3, -0.25) is 9.63 Å². The van der Waals surface area contributed by atoms with Gasteiger partial charge in [0.15, 0.2) is 0 Å². The van der Waals surface area contributed by atoms with Gasteiger partial charge in [-0.1, -0.05) is 39.8 Å². The fraction of sp³-hybridized carbons (Fsp3) is 0.370. The van der Waals surface area contributed by atoms with Gasteiger partial charge in [0.05, 0.1) is 30.7 Å². The molecule has 1 amide bonds. The number of hydrogen-bond acceptors (Lipinski definition) is 8. The summed E-state index contributed by atoms with van der Waals surface area (Å²) in [4.78, 5) is 25.2. The average Bonchev–Trinajstić information content (AvgIpc) is 2.92. The average molecular weight is 598 g/mol. The van der Waals surface area contributed by atoms with Crippen molar-refractivity contribution in [3.8, 4) is 5.75 Å². The van der Waals surface area contributed by atoms with E-state index in [-0.39, 0.29) is 41.2 Å². The van der Waals surface area contributed by atoms with Gasteiger partial charge in [0.25, 0.3) is 5.91 Å². The van der Waals surface area contributed by atoms with E-state index in [2.05, 4.69) is 26.1 Å². The molecule has 0 radical (unpaired) electrons. The number of nitrogens with zero attached hydrogens (tertiary/aromatic N) is 2. The molecule has 0 aliphatic heterocycles. The minimum absolute atomic E-state index is 0.00408. The van der Waals surface area contributed by atoms with Crippen LogP contribution in [0.4, 0.5) is 40.7 Å². The van der Waals surface area contributed by atoms with Gasteiger partial charge in [-0.15, -0.1) is 0 Å². The number of benzene rings is 2. The van der Waals surface area contributed by atoms with E-state index in [1.165, 1.54) is 13.2 Å². The molecule has 0 unspecified atom stereocenters. The third kappa shape index (κ3) is 7.74. The van der Waals surface area contributed by atoms with Gasteiger partial charge in [-0.25, -0.2) is 14.9 Å². The van der Waals surface area contributed by atoms with E-state index in [4.69, 9.17) is 9.57 Å². The summed E-state index contributed by atoms with van der Waals surface area (Å²) < 4.78 is 75.2. The predicted molar refractivity (Wildman–Crippen MR) is 150 cm³/mol. The van der Waals surface area contributed by atoms with Crippen molar-refractivity contribution in [3.63, 3.8) is 0 Å². The van der Waals surface area contributed by atoms with Crippen molar-refractivity contribution in [3.05, 3.63) is 59.5 Å². The van der Waals surface area contributed by atoms with Crippen molar-refractivity contribution in [2.75, 3.05) is 36.7 Å². The lowest BCUT2D eigenvalue weighted by Crippen LogP contribution is -2.26. The SMILES string of the molecule is CCP(=O)(CC)c1ccccc1Nc1nc(Nc2cc(F)c(C(=O)NOCC(C)C)cc2OC)ncc1C(F)(F)F. The van der Waals surface area contributed by atoms with Crippen LogP contribution in [0, 0.1) is 11.7 Å². The molecule has 0 aliphatic carbocycles. The molecule has 1 aromatic heterocycles. The molecule has 0 atom stereocenters. The van der Waals surface area contributed by atoms with Crippen LogP contribution >= 0.6 is 7.14 Å². The standard InChI is InChI=1S/C27H32F4N5O4P/c1-6-41(38,7-2)23-11-9-8-10-20(23)33-24-18(27(29,30)31)14-32-26(35-24)34-21-13-19(28)17(12-22(21)39-5)25(37)36-40-15-16(3)4/h8-14,16H,6-7,15H2,1-5H3,(H,36,37)(H2,32,33,34,35). The lowest BCUT2D eigenvalue weighted by Gasteiger charge is -2.21. The minimum atomic E-state index is -4.81. The van der Waals surface area contributed by atoms with Gasteiger partial charge >= 0.3 is 6.18 Å². The van der Waals surface area contributed by atoms with Gasteiger partial charge in [-0.2, -0.15) is 18.2 Å². The quantitative estimate of drug-likeness (QED) is 0.124. The van der Waals surface area contributed by atoms with Crippen LogP contribution in [0.15, 0.2) is 42.6 Å². The maximum Gasteiger partial charge on any atom is 0.421 e. The number of alkyl halides is 3. The molecule has 3 aromatic rings. The highest BCUT2D eigenvalue weighted by Gasteiger charge is 2.36. The number of ether oxygens (including phenoxy) is 1. The smallest absolute Gasteiger partial charge is 0.421 e. The summed E-state index contributed by atoms with van der Waals surface area (Å²) in [7, 11) is -1.60. The number of carbonyl (C=O) groups is 1. The fourth-order valence-electron chi connectivity index (χ4n) is 3.81. The second-order valence-corrected chi connectivity index (χ2v) is 12.9. The Balaban J connectivity index is 1.99. The molecule has 3 N–H and O–H groups in total. The number of nitrogens with one attached hydrogen (secondary N) is 3. The molecular formula is C27H32F4N5O4P. The van der Waals surface area contributed by atoms with Crippen molar-refractivity contribution >= 4 is 41.5 Å². The van der Waals surface area contributed by atoms with E-state index < -0.39 is 36.4 Å². The second kappa shape index (κ2) is 13.3. The maximum absolute atomic E-state index is 14.9. The first-order valence-electron chi connectivity index (χ1n) is 12.8. The zero-order chi connectivity index (χ0) is 30.4. The van der Waals surface area contributed by atoms with Gasteiger partial charge in [-0.05, 0) is 24.1 Å². The molecule has 0 saturated heterocycles. The number of carbonyl (C=O) groups excluding carboxylic acids is 1. The molecule has 9 nitrogen and oxygen atoms in total. The molecular weight excluding hydrogens is 565 g/mol. The highest BCUT2D eigenvalue weighted by molar-refractivity contribution is 7.71. The van der Waals surface area contributed by atoms with Crippen LogP contribution in [-0.4, -0.2) is 41.9 Å². The van der Waals surface area contributed by atoms with E-state index in [1.54, 1.807) is 32.0 Å². The van der Waals surface area contributed by atoms with Crippen LogP contribution in [-0.2, 0) is 15.6 Å². The Hall–Kier alpha value is -3.70. The van der Waals surface area contributed by atoms with Crippen LogP contribution in [0.3, 0.4) is 0 Å². The fourth-order valence-corrected chi connectivity index (χ4v) is 5.87. The van der Waals surface area contributed by atoms with Crippen molar-refractivity contribution in [1.82, 2.24) is 15.4 Å². The van der Waals surface area contributed by atoms with Crippen LogP contribution < -0.4 is 26.2 Å². The monoisotopic (exact) mass is 597 g/mol. The Labute approximate surface area is 235 Å². The number of halogens is 4. The molecule has 14 heteroatoms. The van der Waals surface area contributed by atoms with E-state index in [0.29, 0.717) is 23.8 Å². The number of amides is 1. The Morgan fingerprint density at radius 1 is 1.07 bits per heavy atom. The maximum atomic E-state index is 14.9. The number of methoxy groups -OCH3 is 1. The molecule has 0 bridgehead atoms. The Bertz CT molecular complexity index is 1430. The summed E-state index contributed by atoms with van der Waals surface area (Å²) in [6.45, 7) is 7.47. The van der Waals surface area contributed by atoms with Gasteiger partial charge in [0.1, 0.15) is 30.1 Å². The summed E-state index contributed by atoms with van der Waals surface area (Å²) in [5.74, 6) is -2.59. The summed E-state index contributed by atoms with van der Waals surface area (Å²) in [6.07, 6.45) is -3.58. The van der Waals surface area contributed by atoms with Crippen LogP contribution in [0.5, 0.6) is 5.75 Å². The molecule has 41 heavy (non-hydrogen) atoms. The van der Waals surface area contributed by atoms with Crippen LogP contribution in [0.2, 0.25) is 0 Å².